The van der Waals surface area contributed by atoms with Crippen LogP contribution in [0.4, 0.5) is 5.69 Å². The molecular formula is C33H24N6O. The Hall–Kier alpha value is -5.56. The number of nitrogens with one attached hydrogen (secondary N) is 3. The lowest BCUT2D eigenvalue weighted by molar-refractivity contribution is -0.115. The molecule has 0 aliphatic heterocycles. The summed E-state index contributed by atoms with van der Waals surface area (Å²) in [5.74, 6) is -0.0818. The highest BCUT2D eigenvalue weighted by atomic mass is 16.1. The fraction of sp³-hybridized carbons (Fsp3) is 0.0303. The molecule has 192 valence electrons. The number of carbonyl (C=O) groups excluding carboxylic acids is 1. The highest BCUT2D eigenvalue weighted by molar-refractivity contribution is 6.01. The third-order valence-electron chi connectivity index (χ3n) is 6.99. The summed E-state index contributed by atoms with van der Waals surface area (Å²) in [5, 5.41) is 12.9. The van der Waals surface area contributed by atoms with Crippen LogP contribution in [0, 0.1) is 0 Å². The number of amides is 1. The zero-order chi connectivity index (χ0) is 26.9. The maximum Gasteiger partial charge on any atom is 0.228 e. The minimum atomic E-state index is -0.0818. The minimum absolute atomic E-state index is 0.0818. The van der Waals surface area contributed by atoms with E-state index in [2.05, 4.69) is 54.7 Å². The van der Waals surface area contributed by atoms with Crippen LogP contribution in [0.1, 0.15) is 5.56 Å². The molecule has 7 rings (SSSR count). The van der Waals surface area contributed by atoms with Crippen LogP contribution in [0.2, 0.25) is 0 Å². The Morgan fingerprint density at radius 2 is 1.68 bits per heavy atom. The van der Waals surface area contributed by atoms with E-state index in [9.17, 15) is 4.79 Å². The average Bonchev–Trinajstić information content (AvgIpc) is 3.62. The van der Waals surface area contributed by atoms with Crippen LogP contribution in [-0.2, 0) is 11.2 Å². The van der Waals surface area contributed by atoms with Crippen LogP contribution >= 0.6 is 0 Å². The third-order valence-corrected chi connectivity index (χ3v) is 6.99. The maximum absolute atomic E-state index is 12.6. The normalized spacial score (nSPS) is 11.2. The Morgan fingerprint density at radius 1 is 0.775 bits per heavy atom. The molecule has 7 nitrogen and oxygen atoms in total. The molecule has 0 saturated heterocycles. The average molecular weight is 521 g/mol. The lowest BCUT2D eigenvalue weighted by atomic mass is 10.0. The van der Waals surface area contributed by atoms with Gasteiger partial charge in [-0.3, -0.25) is 19.9 Å². The van der Waals surface area contributed by atoms with Gasteiger partial charge in [-0.05, 0) is 53.6 Å². The fourth-order valence-corrected chi connectivity index (χ4v) is 5.08. The van der Waals surface area contributed by atoms with E-state index in [0.717, 1.165) is 61.1 Å². The summed E-state index contributed by atoms with van der Waals surface area (Å²) in [6.07, 6.45) is 5.58. The number of pyridine rings is 2. The van der Waals surface area contributed by atoms with E-state index in [1.165, 1.54) is 0 Å². The van der Waals surface area contributed by atoms with Crippen molar-refractivity contribution in [3.05, 3.63) is 121 Å². The van der Waals surface area contributed by atoms with E-state index in [1.54, 1.807) is 12.4 Å². The SMILES string of the molecule is O=C(Cc1ccccc1)Nc1cncc(-c2ccc3[nH]nc(-c4cc5c(-c6ccccn6)cccc5[nH]4)c3c2)c1. The van der Waals surface area contributed by atoms with E-state index in [-0.39, 0.29) is 5.91 Å². The molecule has 0 radical (unpaired) electrons. The van der Waals surface area contributed by atoms with E-state index in [4.69, 9.17) is 0 Å². The van der Waals surface area contributed by atoms with Gasteiger partial charge in [0.05, 0.1) is 35.2 Å². The molecule has 0 spiro atoms. The Bertz CT molecular complexity index is 1980. The quantitative estimate of drug-likeness (QED) is 0.219. The highest BCUT2D eigenvalue weighted by Crippen LogP contribution is 2.35. The van der Waals surface area contributed by atoms with Gasteiger partial charge in [0.2, 0.25) is 5.91 Å². The van der Waals surface area contributed by atoms with Crippen molar-refractivity contribution < 1.29 is 4.79 Å². The van der Waals surface area contributed by atoms with Gasteiger partial charge >= 0.3 is 0 Å². The largest absolute Gasteiger partial charge is 0.353 e. The number of anilines is 1. The number of hydrogen-bond acceptors (Lipinski definition) is 4. The number of nitrogens with zero attached hydrogens (tertiary/aromatic N) is 3. The monoisotopic (exact) mass is 520 g/mol. The fourth-order valence-electron chi connectivity index (χ4n) is 5.08. The maximum atomic E-state index is 12.6. The van der Waals surface area contributed by atoms with Crippen molar-refractivity contribution in [3.63, 3.8) is 0 Å². The first-order chi connectivity index (χ1) is 19.7. The van der Waals surface area contributed by atoms with Crippen molar-refractivity contribution in [3.8, 4) is 33.8 Å². The number of fused-ring (bicyclic) bond motifs is 2. The Balaban J connectivity index is 1.21. The van der Waals surface area contributed by atoms with Gasteiger partial charge in [0.1, 0.15) is 5.69 Å². The van der Waals surface area contributed by atoms with Gasteiger partial charge in [-0.15, -0.1) is 0 Å². The standard InChI is InChI=1S/C33H24N6O/c40-32(15-21-7-2-1-3-8-21)36-24-16-23(19-34-20-24)22-12-13-30-27(17-22)33(39-38-30)31-18-26-25(9-6-11-29(26)37-31)28-10-4-5-14-35-28/h1-14,16-20,37H,15H2,(H,36,40)(H,38,39). The Labute approximate surface area is 230 Å². The molecule has 0 bridgehead atoms. The van der Waals surface area contributed by atoms with E-state index < -0.39 is 0 Å². The van der Waals surface area contributed by atoms with Crippen LogP contribution < -0.4 is 5.32 Å². The zero-order valence-electron chi connectivity index (χ0n) is 21.4. The molecule has 40 heavy (non-hydrogen) atoms. The van der Waals surface area contributed by atoms with Crippen LogP contribution in [0.15, 0.2) is 116 Å². The van der Waals surface area contributed by atoms with Gasteiger partial charge in [0.15, 0.2) is 0 Å². The van der Waals surface area contributed by atoms with Crippen molar-refractivity contribution in [2.45, 2.75) is 6.42 Å². The summed E-state index contributed by atoms with van der Waals surface area (Å²) in [5.41, 5.74) is 9.20. The summed E-state index contributed by atoms with van der Waals surface area (Å²) in [4.78, 5) is 25.1. The molecule has 3 aromatic carbocycles. The van der Waals surface area contributed by atoms with Gasteiger partial charge in [0.25, 0.3) is 0 Å². The van der Waals surface area contributed by atoms with Crippen LogP contribution in [0.25, 0.3) is 55.6 Å². The number of aromatic amines is 2. The summed E-state index contributed by atoms with van der Waals surface area (Å²) < 4.78 is 0. The predicted octanol–water partition coefficient (Wildman–Crippen LogP) is 7.02. The van der Waals surface area contributed by atoms with Gasteiger partial charge in [0, 0.05) is 39.8 Å². The Morgan fingerprint density at radius 3 is 2.55 bits per heavy atom. The molecule has 0 aliphatic rings. The first-order valence-electron chi connectivity index (χ1n) is 13.0. The van der Waals surface area contributed by atoms with E-state index >= 15 is 0 Å². The molecular weight excluding hydrogens is 496 g/mol. The van der Waals surface area contributed by atoms with Gasteiger partial charge in [-0.1, -0.05) is 54.6 Å². The molecule has 0 atom stereocenters. The first kappa shape index (κ1) is 23.5. The van der Waals surface area contributed by atoms with Crippen LogP contribution in [0.3, 0.4) is 0 Å². The highest BCUT2D eigenvalue weighted by Gasteiger charge is 2.15. The molecule has 3 N–H and O–H groups in total. The number of hydrogen-bond donors (Lipinski definition) is 3. The predicted molar refractivity (Wildman–Crippen MR) is 159 cm³/mol. The number of rotatable bonds is 6. The third kappa shape index (κ3) is 4.50. The topological polar surface area (TPSA) is 99.3 Å². The minimum Gasteiger partial charge on any atom is -0.353 e. The summed E-state index contributed by atoms with van der Waals surface area (Å²) in [6, 6.07) is 32.0. The molecule has 4 heterocycles. The summed E-state index contributed by atoms with van der Waals surface area (Å²) in [6.45, 7) is 0. The van der Waals surface area contributed by atoms with E-state index in [0.29, 0.717) is 12.1 Å². The smallest absolute Gasteiger partial charge is 0.228 e. The second-order valence-electron chi connectivity index (χ2n) is 9.67. The molecule has 0 saturated carbocycles. The first-order valence-corrected chi connectivity index (χ1v) is 13.0. The van der Waals surface area contributed by atoms with Gasteiger partial charge < -0.3 is 10.3 Å². The van der Waals surface area contributed by atoms with Crippen LogP contribution in [-0.4, -0.2) is 31.1 Å². The molecule has 7 heteroatoms. The second-order valence-corrected chi connectivity index (χ2v) is 9.67. The van der Waals surface area contributed by atoms with Crippen molar-refractivity contribution in [1.82, 2.24) is 25.1 Å². The summed E-state index contributed by atoms with van der Waals surface area (Å²) >= 11 is 0. The van der Waals surface area contributed by atoms with Crippen molar-refractivity contribution in [2.24, 2.45) is 0 Å². The second kappa shape index (κ2) is 9.96. The van der Waals surface area contributed by atoms with Gasteiger partial charge in [-0.25, -0.2) is 0 Å². The zero-order valence-corrected chi connectivity index (χ0v) is 21.4. The lowest BCUT2D eigenvalue weighted by Gasteiger charge is -2.08. The van der Waals surface area contributed by atoms with Gasteiger partial charge in [-0.2, -0.15) is 5.10 Å². The Kier molecular flexibility index (Phi) is 5.86. The summed E-state index contributed by atoms with van der Waals surface area (Å²) in [7, 11) is 0. The van der Waals surface area contributed by atoms with Crippen LogP contribution in [0.5, 0.6) is 0 Å². The number of carbonyl (C=O) groups is 1. The molecule has 0 aliphatic carbocycles. The lowest BCUT2D eigenvalue weighted by Crippen LogP contribution is -2.14. The number of aromatic nitrogens is 5. The molecule has 1 amide bonds. The number of benzene rings is 3. The molecule has 0 unspecified atom stereocenters. The van der Waals surface area contributed by atoms with Crippen molar-refractivity contribution in [2.75, 3.05) is 5.32 Å². The molecule has 0 fully saturated rings. The number of H-pyrrole nitrogens is 2. The van der Waals surface area contributed by atoms with E-state index in [1.807, 2.05) is 79.0 Å². The van der Waals surface area contributed by atoms with Crippen molar-refractivity contribution in [1.29, 1.82) is 0 Å². The van der Waals surface area contributed by atoms with Crippen molar-refractivity contribution >= 4 is 33.4 Å². The molecule has 4 aromatic heterocycles. The molecule has 7 aromatic rings.